The van der Waals surface area contributed by atoms with Crippen LogP contribution in [-0.2, 0) is 10.3 Å². The van der Waals surface area contributed by atoms with Gasteiger partial charge in [-0.3, -0.25) is 4.79 Å². The largest absolute Gasteiger partial charge is 0.482 e. The van der Waals surface area contributed by atoms with Crippen molar-refractivity contribution in [1.29, 1.82) is 0 Å². The molecule has 0 spiro atoms. The minimum atomic E-state index is -1.05. The second-order valence-corrected chi connectivity index (χ2v) is 6.32. The molecule has 0 aromatic heterocycles. The molecule has 25 heavy (non-hydrogen) atoms. The van der Waals surface area contributed by atoms with Gasteiger partial charge in [0, 0.05) is 5.56 Å². The molecule has 1 saturated carbocycles. The summed E-state index contributed by atoms with van der Waals surface area (Å²) in [4.78, 5) is 23.4. The Morgan fingerprint density at radius 3 is 2.44 bits per heavy atom. The molecule has 130 valence electrons. The van der Waals surface area contributed by atoms with Gasteiger partial charge < -0.3 is 15.2 Å². The lowest BCUT2D eigenvalue weighted by molar-refractivity contribution is -0.139. The Kier molecular flexibility index (Phi) is 5.03. The number of amides is 1. The van der Waals surface area contributed by atoms with Crippen LogP contribution in [-0.4, -0.2) is 23.6 Å². The van der Waals surface area contributed by atoms with E-state index >= 15 is 0 Å². The lowest BCUT2D eigenvalue weighted by atomic mass is 9.88. The number of rotatable bonds is 6. The van der Waals surface area contributed by atoms with Crippen LogP contribution in [0.1, 0.15) is 41.6 Å². The van der Waals surface area contributed by atoms with Crippen molar-refractivity contribution in [3.05, 3.63) is 65.7 Å². The van der Waals surface area contributed by atoms with E-state index in [1.165, 1.54) is 0 Å². The van der Waals surface area contributed by atoms with Gasteiger partial charge in [0.05, 0.1) is 5.54 Å². The summed E-state index contributed by atoms with van der Waals surface area (Å²) in [5.41, 5.74) is 1.25. The Morgan fingerprint density at radius 1 is 1.04 bits per heavy atom. The molecule has 0 heterocycles. The summed E-state index contributed by atoms with van der Waals surface area (Å²) >= 11 is 0. The van der Waals surface area contributed by atoms with Crippen LogP contribution in [0.4, 0.5) is 0 Å². The molecule has 2 N–H and O–H groups in total. The minimum absolute atomic E-state index is 0.175. The van der Waals surface area contributed by atoms with Gasteiger partial charge in [0.1, 0.15) is 5.75 Å². The monoisotopic (exact) mass is 339 g/mol. The van der Waals surface area contributed by atoms with E-state index in [-0.39, 0.29) is 11.4 Å². The normalized spacial score (nSPS) is 15.5. The number of carbonyl (C=O) groups is 2. The highest BCUT2D eigenvalue weighted by Crippen LogP contribution is 2.38. The summed E-state index contributed by atoms with van der Waals surface area (Å²) in [7, 11) is 0. The van der Waals surface area contributed by atoms with Crippen LogP contribution in [0.15, 0.2) is 54.6 Å². The van der Waals surface area contributed by atoms with Gasteiger partial charge in [-0.15, -0.1) is 0 Å². The molecular formula is C20H21NO4. The molecule has 0 saturated heterocycles. The standard InChI is InChI=1S/C20H21NO4/c22-18(23)14-25-17-10-6-7-15(13-17)19(24)21-20(11-4-5-12-20)16-8-2-1-3-9-16/h1-3,6-10,13H,4-5,11-12,14H2,(H,21,24)(H,22,23). The van der Waals surface area contributed by atoms with E-state index in [9.17, 15) is 9.59 Å². The van der Waals surface area contributed by atoms with Crippen LogP contribution in [0.25, 0.3) is 0 Å². The van der Waals surface area contributed by atoms with Crippen molar-refractivity contribution in [2.24, 2.45) is 0 Å². The second-order valence-electron chi connectivity index (χ2n) is 6.32. The third-order valence-corrected chi connectivity index (χ3v) is 4.59. The molecule has 1 aliphatic rings. The average Bonchev–Trinajstić information content (AvgIpc) is 3.10. The van der Waals surface area contributed by atoms with Crippen molar-refractivity contribution in [2.45, 2.75) is 31.2 Å². The number of aliphatic carboxylic acids is 1. The summed E-state index contributed by atoms with van der Waals surface area (Å²) in [5.74, 6) is -0.856. The molecule has 1 amide bonds. The Labute approximate surface area is 146 Å². The van der Waals surface area contributed by atoms with Crippen molar-refractivity contribution in [3.8, 4) is 5.75 Å². The zero-order valence-corrected chi connectivity index (χ0v) is 13.9. The summed E-state index contributed by atoms with van der Waals surface area (Å²) in [6, 6.07) is 16.7. The lowest BCUT2D eigenvalue weighted by Gasteiger charge is -2.31. The van der Waals surface area contributed by atoms with Crippen molar-refractivity contribution >= 4 is 11.9 Å². The Morgan fingerprint density at radius 2 is 1.76 bits per heavy atom. The van der Waals surface area contributed by atoms with Gasteiger partial charge in [-0.25, -0.2) is 4.79 Å². The van der Waals surface area contributed by atoms with Crippen molar-refractivity contribution in [2.75, 3.05) is 6.61 Å². The molecule has 0 bridgehead atoms. The molecule has 0 unspecified atom stereocenters. The number of benzene rings is 2. The number of carboxylic acids is 1. The van der Waals surface area contributed by atoms with Crippen LogP contribution in [0.5, 0.6) is 5.75 Å². The summed E-state index contributed by atoms with van der Waals surface area (Å²) in [5, 5.41) is 11.9. The third-order valence-electron chi connectivity index (χ3n) is 4.59. The third kappa shape index (κ3) is 3.99. The molecule has 2 aromatic rings. The first-order chi connectivity index (χ1) is 12.1. The topological polar surface area (TPSA) is 75.6 Å². The van der Waals surface area contributed by atoms with Crippen molar-refractivity contribution in [3.63, 3.8) is 0 Å². The van der Waals surface area contributed by atoms with Gasteiger partial charge in [-0.2, -0.15) is 0 Å². The maximum absolute atomic E-state index is 12.8. The molecule has 2 aromatic carbocycles. The van der Waals surface area contributed by atoms with Crippen LogP contribution < -0.4 is 10.1 Å². The van der Waals surface area contributed by atoms with Gasteiger partial charge in [-0.1, -0.05) is 49.2 Å². The van der Waals surface area contributed by atoms with Crippen molar-refractivity contribution < 1.29 is 19.4 Å². The van der Waals surface area contributed by atoms with Gasteiger partial charge in [0.2, 0.25) is 0 Å². The van der Waals surface area contributed by atoms with E-state index < -0.39 is 12.6 Å². The van der Waals surface area contributed by atoms with Gasteiger partial charge in [0.25, 0.3) is 5.91 Å². The number of ether oxygens (including phenoxy) is 1. The SMILES string of the molecule is O=C(O)COc1cccc(C(=O)NC2(c3ccccc3)CCCC2)c1. The van der Waals surface area contributed by atoms with E-state index in [0.29, 0.717) is 11.3 Å². The Balaban J connectivity index is 1.78. The van der Waals surface area contributed by atoms with E-state index in [0.717, 1.165) is 31.2 Å². The van der Waals surface area contributed by atoms with Crippen LogP contribution in [0.3, 0.4) is 0 Å². The van der Waals surface area contributed by atoms with Crippen LogP contribution in [0.2, 0.25) is 0 Å². The number of hydrogen-bond donors (Lipinski definition) is 2. The first-order valence-electron chi connectivity index (χ1n) is 8.42. The molecule has 0 atom stereocenters. The predicted octanol–water partition coefficient (Wildman–Crippen LogP) is 3.35. The highest BCUT2D eigenvalue weighted by molar-refractivity contribution is 5.95. The van der Waals surface area contributed by atoms with Crippen LogP contribution >= 0.6 is 0 Å². The lowest BCUT2D eigenvalue weighted by Crippen LogP contribution is -2.43. The number of carbonyl (C=O) groups excluding carboxylic acids is 1. The van der Waals surface area contributed by atoms with E-state index in [1.54, 1.807) is 24.3 Å². The quantitative estimate of drug-likeness (QED) is 0.846. The molecular weight excluding hydrogens is 318 g/mol. The molecule has 3 rings (SSSR count). The van der Waals surface area contributed by atoms with E-state index in [2.05, 4.69) is 17.4 Å². The fourth-order valence-electron chi connectivity index (χ4n) is 3.38. The number of carboxylic acid groups (broad SMARTS) is 1. The second kappa shape index (κ2) is 7.38. The van der Waals surface area contributed by atoms with E-state index in [1.807, 2.05) is 18.2 Å². The molecule has 0 radical (unpaired) electrons. The van der Waals surface area contributed by atoms with Gasteiger partial charge in [0.15, 0.2) is 6.61 Å². The van der Waals surface area contributed by atoms with Crippen LogP contribution in [0, 0.1) is 0 Å². The maximum Gasteiger partial charge on any atom is 0.341 e. The van der Waals surface area contributed by atoms with E-state index in [4.69, 9.17) is 9.84 Å². The fraction of sp³-hybridized carbons (Fsp3) is 0.300. The number of nitrogens with one attached hydrogen (secondary N) is 1. The summed E-state index contributed by atoms with van der Waals surface area (Å²) in [6.45, 7) is -0.432. The molecule has 0 aliphatic heterocycles. The minimum Gasteiger partial charge on any atom is -0.482 e. The molecule has 1 fully saturated rings. The predicted molar refractivity (Wildman–Crippen MR) is 93.6 cm³/mol. The molecule has 5 heteroatoms. The average molecular weight is 339 g/mol. The summed E-state index contributed by atoms with van der Waals surface area (Å²) < 4.78 is 5.16. The zero-order chi connectivity index (χ0) is 17.7. The highest BCUT2D eigenvalue weighted by Gasteiger charge is 2.37. The Bertz CT molecular complexity index is 751. The highest BCUT2D eigenvalue weighted by atomic mass is 16.5. The molecule has 5 nitrogen and oxygen atoms in total. The fourth-order valence-corrected chi connectivity index (χ4v) is 3.38. The maximum atomic E-state index is 12.8. The van der Waals surface area contributed by atoms with Crippen molar-refractivity contribution in [1.82, 2.24) is 5.32 Å². The Hall–Kier alpha value is -2.82. The molecule has 1 aliphatic carbocycles. The van der Waals surface area contributed by atoms with Gasteiger partial charge >= 0.3 is 5.97 Å². The number of hydrogen-bond acceptors (Lipinski definition) is 3. The van der Waals surface area contributed by atoms with Gasteiger partial charge in [-0.05, 0) is 36.6 Å². The smallest absolute Gasteiger partial charge is 0.341 e. The summed E-state index contributed by atoms with van der Waals surface area (Å²) in [6.07, 6.45) is 3.99. The zero-order valence-electron chi connectivity index (χ0n) is 13.9. The first-order valence-corrected chi connectivity index (χ1v) is 8.42. The first kappa shape index (κ1) is 17.0.